The molecule has 1 aromatic heterocycles. The first-order valence-corrected chi connectivity index (χ1v) is 4.80. The second-order valence-corrected chi connectivity index (χ2v) is 3.83. The molecule has 2 rings (SSSR count). The number of benzene rings is 1. The van der Waals surface area contributed by atoms with Crippen LogP contribution in [0, 0.1) is 0 Å². The average Bonchev–Trinajstić information content (AvgIpc) is 2.48. The van der Waals surface area contributed by atoms with E-state index in [9.17, 15) is 8.42 Å². The molecule has 0 aliphatic heterocycles. The number of rotatable bonds is 1. The van der Waals surface area contributed by atoms with Gasteiger partial charge >= 0.3 is 0 Å². The molecule has 0 unspecified atom stereocenters. The largest absolute Gasteiger partial charge is 0.296 e. The molecule has 0 bridgehead atoms. The molecule has 1 heterocycles. The summed E-state index contributed by atoms with van der Waals surface area (Å²) in [5, 5.41) is 9.46. The highest BCUT2D eigenvalue weighted by molar-refractivity contribution is 7.86. The summed E-state index contributed by atoms with van der Waals surface area (Å²) in [5.41, 5.74) is 0.611. The van der Waals surface area contributed by atoms with Crippen molar-refractivity contribution in [3.05, 3.63) is 18.2 Å². The molecule has 2 aromatic rings. The molecule has 0 amide bonds. The quantitative estimate of drug-likeness (QED) is 0.707. The molecular formula is C6H6ClN3O3S. The van der Waals surface area contributed by atoms with E-state index in [0.29, 0.717) is 5.52 Å². The molecule has 0 spiro atoms. The summed E-state index contributed by atoms with van der Waals surface area (Å²) in [5.74, 6) is 0. The molecule has 0 atom stereocenters. The Hall–Kier alpha value is -1.18. The summed E-state index contributed by atoms with van der Waals surface area (Å²) in [4.78, 5) is -0.237. The lowest BCUT2D eigenvalue weighted by Crippen LogP contribution is -1.98. The molecule has 76 valence electrons. The fraction of sp³-hybridized carbons (Fsp3) is 0. The van der Waals surface area contributed by atoms with Crippen molar-refractivity contribution >= 4 is 33.6 Å². The molecule has 0 radical (unpaired) electrons. The van der Waals surface area contributed by atoms with Gasteiger partial charge in [-0.05, 0) is 12.1 Å². The molecule has 0 aliphatic carbocycles. The third-order valence-corrected chi connectivity index (χ3v) is 2.48. The van der Waals surface area contributed by atoms with Crippen molar-refractivity contribution in [1.29, 1.82) is 0 Å². The third kappa shape index (κ3) is 1.69. The summed E-state index contributed by atoms with van der Waals surface area (Å²) in [6, 6.07) is 4.37. The monoisotopic (exact) mass is 235 g/mol. The van der Waals surface area contributed by atoms with Gasteiger partial charge in [-0.1, -0.05) is 11.3 Å². The van der Waals surface area contributed by atoms with Gasteiger partial charge in [-0.25, -0.2) is 0 Å². The standard InChI is InChI=1S/C6H5N3O3S.ClH/c10-13(11,12)5-3-1-2-4-6(5)8-9-7-4;/h1-3H,(H,7,8,9)(H,10,11,12);1H. The van der Waals surface area contributed by atoms with E-state index in [4.69, 9.17) is 4.55 Å². The van der Waals surface area contributed by atoms with Crippen molar-refractivity contribution < 1.29 is 13.0 Å². The van der Waals surface area contributed by atoms with E-state index in [1.54, 1.807) is 6.07 Å². The number of halogens is 1. The van der Waals surface area contributed by atoms with Crippen LogP contribution >= 0.6 is 12.4 Å². The fourth-order valence-electron chi connectivity index (χ4n) is 1.05. The number of hydrogen-bond donors (Lipinski definition) is 2. The van der Waals surface area contributed by atoms with Crippen molar-refractivity contribution in [3.63, 3.8) is 0 Å². The number of H-pyrrole nitrogens is 1. The van der Waals surface area contributed by atoms with Gasteiger partial charge in [0.15, 0.2) is 0 Å². The molecule has 2 N–H and O–H groups in total. The van der Waals surface area contributed by atoms with Crippen LogP contribution in [-0.2, 0) is 10.1 Å². The zero-order valence-corrected chi connectivity index (χ0v) is 8.34. The Morgan fingerprint density at radius 3 is 2.71 bits per heavy atom. The number of fused-ring (bicyclic) bond motifs is 1. The van der Waals surface area contributed by atoms with Gasteiger partial charge in [0.25, 0.3) is 10.1 Å². The average molecular weight is 236 g/mol. The number of nitrogens with zero attached hydrogens (tertiary/aromatic N) is 2. The van der Waals surface area contributed by atoms with E-state index in [0.717, 1.165) is 0 Å². The summed E-state index contributed by atoms with van der Waals surface area (Å²) in [6.07, 6.45) is 0. The first-order valence-electron chi connectivity index (χ1n) is 3.36. The summed E-state index contributed by atoms with van der Waals surface area (Å²) in [6.45, 7) is 0. The van der Waals surface area contributed by atoms with Crippen LogP contribution in [0.5, 0.6) is 0 Å². The molecule has 0 saturated carbocycles. The topological polar surface area (TPSA) is 95.9 Å². The van der Waals surface area contributed by atoms with Gasteiger partial charge in [0, 0.05) is 0 Å². The smallest absolute Gasteiger partial charge is 0.282 e. The van der Waals surface area contributed by atoms with Gasteiger partial charge < -0.3 is 0 Å². The fourth-order valence-corrected chi connectivity index (χ4v) is 1.70. The minimum absolute atomic E-state index is 0. The molecule has 0 saturated heterocycles. The maximum absolute atomic E-state index is 10.8. The predicted molar refractivity (Wildman–Crippen MR) is 51.0 cm³/mol. The Balaban J connectivity index is 0.000000980. The van der Waals surface area contributed by atoms with E-state index in [1.165, 1.54) is 12.1 Å². The molecular weight excluding hydrogens is 230 g/mol. The SMILES string of the molecule is Cl.O=S(=O)(O)c1cccc2[nH]nnc12. The first kappa shape index (κ1) is 10.9. The van der Waals surface area contributed by atoms with E-state index in [1.807, 2.05) is 0 Å². The van der Waals surface area contributed by atoms with Crippen LogP contribution in [0.3, 0.4) is 0 Å². The molecule has 0 aliphatic rings. The van der Waals surface area contributed by atoms with Crippen LogP contribution in [0.4, 0.5) is 0 Å². The van der Waals surface area contributed by atoms with Gasteiger partial charge in [-0.3, -0.25) is 9.65 Å². The lowest BCUT2D eigenvalue weighted by Gasteiger charge is -1.95. The number of nitrogens with one attached hydrogen (secondary N) is 1. The van der Waals surface area contributed by atoms with Crippen molar-refractivity contribution in [2.24, 2.45) is 0 Å². The number of aromatic nitrogens is 3. The van der Waals surface area contributed by atoms with E-state index < -0.39 is 10.1 Å². The van der Waals surface area contributed by atoms with Crippen molar-refractivity contribution in [3.8, 4) is 0 Å². The lowest BCUT2D eigenvalue weighted by molar-refractivity contribution is 0.484. The maximum Gasteiger partial charge on any atom is 0.296 e. The van der Waals surface area contributed by atoms with E-state index in [-0.39, 0.29) is 22.8 Å². The second-order valence-electron chi connectivity index (χ2n) is 2.44. The zero-order valence-electron chi connectivity index (χ0n) is 6.71. The highest BCUT2D eigenvalue weighted by Gasteiger charge is 2.15. The Morgan fingerprint density at radius 1 is 1.36 bits per heavy atom. The molecule has 14 heavy (non-hydrogen) atoms. The van der Waals surface area contributed by atoms with Crippen LogP contribution < -0.4 is 0 Å². The minimum atomic E-state index is -4.22. The second kappa shape index (κ2) is 3.52. The van der Waals surface area contributed by atoms with Gasteiger partial charge in [0.05, 0.1) is 5.52 Å². The third-order valence-electron chi connectivity index (χ3n) is 1.60. The van der Waals surface area contributed by atoms with Crippen molar-refractivity contribution in [2.75, 3.05) is 0 Å². The van der Waals surface area contributed by atoms with Crippen LogP contribution in [0.1, 0.15) is 0 Å². The van der Waals surface area contributed by atoms with Crippen LogP contribution in [0.2, 0.25) is 0 Å². The molecule has 6 nitrogen and oxygen atoms in total. The molecule has 1 aromatic carbocycles. The first-order chi connectivity index (χ1) is 6.09. The Kier molecular flexibility index (Phi) is 2.74. The van der Waals surface area contributed by atoms with Crippen molar-refractivity contribution in [2.45, 2.75) is 4.90 Å². The molecule has 0 fully saturated rings. The Morgan fingerprint density at radius 2 is 2.07 bits per heavy atom. The Bertz CT molecular complexity index is 550. The van der Waals surface area contributed by atoms with Crippen LogP contribution in [0.25, 0.3) is 11.0 Å². The minimum Gasteiger partial charge on any atom is -0.282 e. The van der Waals surface area contributed by atoms with Gasteiger partial charge in [-0.15, -0.1) is 17.5 Å². The van der Waals surface area contributed by atoms with Gasteiger partial charge in [-0.2, -0.15) is 8.42 Å². The van der Waals surface area contributed by atoms with E-state index in [2.05, 4.69) is 15.4 Å². The normalized spacial score (nSPS) is 11.2. The van der Waals surface area contributed by atoms with Crippen LogP contribution in [0.15, 0.2) is 23.1 Å². The zero-order chi connectivity index (χ0) is 9.47. The summed E-state index contributed by atoms with van der Waals surface area (Å²) < 4.78 is 30.4. The van der Waals surface area contributed by atoms with Gasteiger partial charge in [0.2, 0.25) is 0 Å². The maximum atomic E-state index is 10.8. The number of aromatic amines is 1. The van der Waals surface area contributed by atoms with Crippen LogP contribution in [-0.4, -0.2) is 28.4 Å². The number of hydrogen-bond acceptors (Lipinski definition) is 4. The Labute approximate surface area is 85.5 Å². The highest BCUT2D eigenvalue weighted by atomic mass is 35.5. The molecule has 8 heteroatoms. The predicted octanol–water partition coefficient (Wildman–Crippen LogP) is 0.626. The van der Waals surface area contributed by atoms with E-state index >= 15 is 0 Å². The van der Waals surface area contributed by atoms with Crippen molar-refractivity contribution in [1.82, 2.24) is 15.4 Å². The summed E-state index contributed by atoms with van der Waals surface area (Å²) >= 11 is 0. The summed E-state index contributed by atoms with van der Waals surface area (Å²) in [7, 11) is -4.22. The lowest BCUT2D eigenvalue weighted by atomic mass is 10.3. The highest BCUT2D eigenvalue weighted by Crippen LogP contribution is 2.17. The van der Waals surface area contributed by atoms with Gasteiger partial charge in [0.1, 0.15) is 10.4 Å².